The summed E-state index contributed by atoms with van der Waals surface area (Å²) in [5.41, 5.74) is 1.53. The molecular formula is C12H11ClN4O. The summed E-state index contributed by atoms with van der Waals surface area (Å²) in [5.74, 6) is 6.58. The van der Waals surface area contributed by atoms with E-state index in [-0.39, 0.29) is 0 Å². The van der Waals surface area contributed by atoms with Crippen LogP contribution in [0, 0.1) is 11.8 Å². The molecule has 0 N–H and O–H groups in total. The predicted molar refractivity (Wildman–Crippen MR) is 67.2 cm³/mol. The minimum absolute atomic E-state index is 0.296. The lowest BCUT2D eigenvalue weighted by Crippen LogP contribution is -1.96. The van der Waals surface area contributed by atoms with Crippen LogP contribution < -0.4 is 4.74 Å². The van der Waals surface area contributed by atoms with Gasteiger partial charge in [0.2, 0.25) is 0 Å². The first-order valence-electron chi connectivity index (χ1n) is 5.26. The predicted octanol–water partition coefficient (Wildman–Crippen LogP) is 1.38. The molecule has 0 spiro atoms. The average Bonchev–Trinajstić information content (AvgIpc) is 2.80. The number of ether oxygens (including phenoxy) is 1. The minimum atomic E-state index is 0.296. The lowest BCUT2D eigenvalue weighted by Gasteiger charge is -2.03. The summed E-state index contributed by atoms with van der Waals surface area (Å²) in [4.78, 5) is 4.04. The van der Waals surface area contributed by atoms with Crippen molar-refractivity contribution in [1.29, 1.82) is 0 Å². The number of pyridine rings is 1. The van der Waals surface area contributed by atoms with Gasteiger partial charge in [-0.1, -0.05) is 17.1 Å². The van der Waals surface area contributed by atoms with E-state index in [1.807, 2.05) is 6.07 Å². The molecule has 0 saturated carbocycles. The molecule has 0 aromatic carbocycles. The van der Waals surface area contributed by atoms with Crippen LogP contribution in [0.15, 0.2) is 24.7 Å². The molecule has 0 saturated heterocycles. The molecule has 2 heterocycles. The summed E-state index contributed by atoms with van der Waals surface area (Å²) in [6.07, 6.45) is 5.08. The molecule has 2 aromatic heterocycles. The van der Waals surface area contributed by atoms with E-state index in [1.54, 1.807) is 30.3 Å². The van der Waals surface area contributed by atoms with Gasteiger partial charge in [-0.3, -0.25) is 9.67 Å². The van der Waals surface area contributed by atoms with Gasteiger partial charge in [-0.25, -0.2) is 0 Å². The topological polar surface area (TPSA) is 52.8 Å². The van der Waals surface area contributed by atoms with Gasteiger partial charge in [0.25, 0.3) is 0 Å². The van der Waals surface area contributed by atoms with Crippen molar-refractivity contribution in [3.63, 3.8) is 0 Å². The molecule has 0 atom stereocenters. The van der Waals surface area contributed by atoms with Crippen LogP contribution in [0.2, 0.25) is 0 Å². The summed E-state index contributed by atoms with van der Waals surface area (Å²) in [5, 5.41) is 7.75. The van der Waals surface area contributed by atoms with Crippen LogP contribution >= 0.6 is 11.6 Å². The highest BCUT2D eigenvalue weighted by atomic mass is 35.5. The molecule has 2 aromatic rings. The smallest absolute Gasteiger partial charge is 0.139 e. The fourth-order valence-corrected chi connectivity index (χ4v) is 1.39. The lowest BCUT2D eigenvalue weighted by atomic mass is 10.3. The molecule has 0 amide bonds. The molecule has 92 valence electrons. The molecule has 0 aliphatic carbocycles. The largest absolute Gasteiger partial charge is 0.485 e. The average molecular weight is 263 g/mol. The number of aromatic nitrogens is 4. The third-order valence-corrected chi connectivity index (χ3v) is 2.18. The van der Waals surface area contributed by atoms with Crippen molar-refractivity contribution >= 4 is 11.6 Å². The second kappa shape index (κ2) is 6.03. The van der Waals surface area contributed by atoms with Gasteiger partial charge in [-0.2, -0.15) is 0 Å². The van der Waals surface area contributed by atoms with Crippen molar-refractivity contribution in [3.05, 3.63) is 35.9 Å². The Morgan fingerprint density at radius 2 is 2.33 bits per heavy atom. The Morgan fingerprint density at radius 3 is 3.06 bits per heavy atom. The molecule has 0 aliphatic rings. The van der Waals surface area contributed by atoms with Gasteiger partial charge in [-0.05, 0) is 6.07 Å². The van der Waals surface area contributed by atoms with Crippen LogP contribution in [0.25, 0.3) is 0 Å². The normalized spacial score (nSPS) is 9.67. The van der Waals surface area contributed by atoms with E-state index in [0.717, 1.165) is 11.3 Å². The van der Waals surface area contributed by atoms with Gasteiger partial charge in [0.15, 0.2) is 0 Å². The van der Waals surface area contributed by atoms with E-state index in [9.17, 15) is 0 Å². The highest BCUT2D eigenvalue weighted by Crippen LogP contribution is 2.12. The summed E-state index contributed by atoms with van der Waals surface area (Å²) >= 11 is 5.49. The van der Waals surface area contributed by atoms with Gasteiger partial charge in [-0.15, -0.1) is 16.7 Å². The fraction of sp³-hybridized carbons (Fsp3) is 0.250. The number of hydrogen-bond acceptors (Lipinski definition) is 4. The molecule has 0 aliphatic heterocycles. The van der Waals surface area contributed by atoms with Gasteiger partial charge >= 0.3 is 0 Å². The second-order valence-corrected chi connectivity index (χ2v) is 3.78. The first kappa shape index (κ1) is 12.4. The summed E-state index contributed by atoms with van der Waals surface area (Å²) in [6.45, 7) is 0.349. The van der Waals surface area contributed by atoms with E-state index in [1.165, 1.54) is 0 Å². The molecule has 0 unspecified atom stereocenters. The number of halogens is 1. The number of alkyl halides is 1. The fourth-order valence-electron chi connectivity index (χ4n) is 1.32. The van der Waals surface area contributed by atoms with Crippen LogP contribution in [0.1, 0.15) is 11.3 Å². The zero-order valence-electron chi connectivity index (χ0n) is 9.80. The molecule has 5 nitrogen and oxygen atoms in total. The van der Waals surface area contributed by atoms with Crippen molar-refractivity contribution in [1.82, 2.24) is 20.0 Å². The Hall–Kier alpha value is -2.06. The molecule has 2 rings (SSSR count). The minimum Gasteiger partial charge on any atom is -0.485 e. The number of aryl methyl sites for hydroxylation is 1. The van der Waals surface area contributed by atoms with Crippen molar-refractivity contribution in [3.8, 4) is 17.6 Å². The van der Waals surface area contributed by atoms with Crippen molar-refractivity contribution in [2.24, 2.45) is 7.05 Å². The standard InChI is InChI=1S/C12H11ClN4O/c1-17-8-11(15-16-17)9-18-12-5-10(3-2-4-13)6-14-7-12/h5-8H,4,9H2,1H3. The SMILES string of the molecule is Cn1cc(COc2cncc(C#CCCl)c2)nn1. The van der Waals surface area contributed by atoms with Gasteiger partial charge in [0, 0.05) is 18.8 Å². The molecular weight excluding hydrogens is 252 g/mol. The van der Waals surface area contributed by atoms with E-state index < -0.39 is 0 Å². The molecule has 0 bridgehead atoms. The maximum Gasteiger partial charge on any atom is 0.139 e. The quantitative estimate of drug-likeness (QED) is 0.619. The Balaban J connectivity index is 2.01. The Bertz CT molecular complexity index is 585. The van der Waals surface area contributed by atoms with Crippen LogP contribution in [0.4, 0.5) is 0 Å². The monoisotopic (exact) mass is 262 g/mol. The first-order chi connectivity index (χ1) is 8.78. The molecule has 18 heavy (non-hydrogen) atoms. The Labute approximate surface area is 110 Å². The second-order valence-electron chi connectivity index (χ2n) is 3.52. The molecule has 0 fully saturated rings. The van der Waals surface area contributed by atoms with E-state index in [4.69, 9.17) is 16.3 Å². The first-order valence-corrected chi connectivity index (χ1v) is 5.79. The number of rotatable bonds is 3. The highest BCUT2D eigenvalue weighted by Gasteiger charge is 2.00. The third kappa shape index (κ3) is 3.47. The summed E-state index contributed by atoms with van der Waals surface area (Å²) in [7, 11) is 1.81. The van der Waals surface area contributed by atoms with E-state index >= 15 is 0 Å². The number of hydrogen-bond donors (Lipinski definition) is 0. The molecule has 6 heteroatoms. The van der Waals surface area contributed by atoms with Crippen molar-refractivity contribution in [2.45, 2.75) is 6.61 Å². The number of nitrogens with zero attached hydrogens (tertiary/aromatic N) is 4. The zero-order valence-corrected chi connectivity index (χ0v) is 10.6. The van der Waals surface area contributed by atoms with Crippen molar-refractivity contribution in [2.75, 3.05) is 5.88 Å². The van der Waals surface area contributed by atoms with Crippen molar-refractivity contribution < 1.29 is 4.74 Å². The van der Waals surface area contributed by atoms with E-state index in [0.29, 0.717) is 18.2 Å². The Kier molecular flexibility index (Phi) is 4.15. The summed E-state index contributed by atoms with van der Waals surface area (Å²) < 4.78 is 7.17. The van der Waals surface area contributed by atoms with Gasteiger partial charge < -0.3 is 4.74 Å². The van der Waals surface area contributed by atoms with Gasteiger partial charge in [0.1, 0.15) is 18.1 Å². The highest BCUT2D eigenvalue weighted by molar-refractivity contribution is 6.19. The maximum absolute atomic E-state index is 5.55. The van der Waals surface area contributed by atoms with Gasteiger partial charge in [0.05, 0.1) is 18.3 Å². The van der Waals surface area contributed by atoms with Crippen LogP contribution in [0.3, 0.4) is 0 Å². The third-order valence-electron chi connectivity index (χ3n) is 2.05. The Morgan fingerprint density at radius 1 is 1.44 bits per heavy atom. The van der Waals surface area contributed by atoms with Crippen LogP contribution in [0.5, 0.6) is 5.75 Å². The maximum atomic E-state index is 5.55. The lowest BCUT2D eigenvalue weighted by molar-refractivity contribution is 0.300. The summed E-state index contributed by atoms with van der Waals surface area (Å²) in [6, 6.07) is 1.81. The van der Waals surface area contributed by atoms with E-state index in [2.05, 4.69) is 27.1 Å². The van der Waals surface area contributed by atoms with Crippen LogP contribution in [-0.2, 0) is 13.7 Å². The molecule has 0 radical (unpaired) electrons. The zero-order chi connectivity index (χ0) is 12.8. The van der Waals surface area contributed by atoms with Crippen LogP contribution in [-0.4, -0.2) is 25.9 Å².